The molecule has 178 valence electrons. The number of benzene rings is 3. The Morgan fingerprint density at radius 3 is 2.29 bits per heavy atom. The number of para-hydroxylation sites is 1. The number of rotatable bonds is 10. The first-order valence-corrected chi connectivity index (χ1v) is 12.9. The van der Waals surface area contributed by atoms with Gasteiger partial charge in [-0.2, -0.15) is 0 Å². The van der Waals surface area contributed by atoms with Crippen molar-refractivity contribution < 1.29 is 17.9 Å². The van der Waals surface area contributed by atoms with Crippen molar-refractivity contribution in [2.75, 3.05) is 18.1 Å². The second-order valence-corrected chi connectivity index (χ2v) is 9.89. The Labute approximate surface area is 201 Å². The van der Waals surface area contributed by atoms with E-state index in [1.54, 1.807) is 43.5 Å². The Morgan fingerprint density at radius 1 is 1.00 bits per heavy atom. The van der Waals surface area contributed by atoms with E-state index in [4.69, 9.17) is 4.74 Å². The molecule has 0 aliphatic rings. The van der Waals surface area contributed by atoms with Crippen molar-refractivity contribution in [2.45, 2.75) is 25.9 Å². The van der Waals surface area contributed by atoms with Gasteiger partial charge in [0.05, 0.1) is 13.4 Å². The third kappa shape index (κ3) is 7.49. The quantitative estimate of drug-likeness (QED) is 0.427. The lowest BCUT2D eigenvalue weighted by molar-refractivity contribution is -0.128. The number of carbonyl (C=O) groups excluding carboxylic acids is 1. The normalized spacial score (nSPS) is 12.3. The molecule has 7 heteroatoms. The van der Waals surface area contributed by atoms with Gasteiger partial charge in [-0.25, -0.2) is 8.42 Å². The Hall–Kier alpha value is -3.58. The van der Waals surface area contributed by atoms with Crippen LogP contribution in [0.1, 0.15) is 23.6 Å². The van der Waals surface area contributed by atoms with E-state index in [2.05, 4.69) is 4.72 Å². The SMILES string of the molecule is COc1ccccc1C[C@H](C)N(Cc1ccccc1)C(=O)/C=C/c1ccc(NS(C)(=O)=O)cc1. The van der Waals surface area contributed by atoms with E-state index in [0.29, 0.717) is 18.7 Å². The van der Waals surface area contributed by atoms with Gasteiger partial charge in [0.2, 0.25) is 15.9 Å². The van der Waals surface area contributed by atoms with Gasteiger partial charge in [0.1, 0.15) is 5.75 Å². The van der Waals surface area contributed by atoms with Crippen LogP contribution in [0.4, 0.5) is 5.69 Å². The van der Waals surface area contributed by atoms with Gasteiger partial charge in [0.25, 0.3) is 0 Å². The minimum Gasteiger partial charge on any atom is -0.496 e. The molecule has 6 nitrogen and oxygen atoms in total. The molecule has 0 aromatic heterocycles. The molecule has 0 saturated carbocycles. The van der Waals surface area contributed by atoms with Crippen LogP contribution in [0, 0.1) is 0 Å². The molecule has 0 spiro atoms. The van der Waals surface area contributed by atoms with Crippen molar-refractivity contribution in [3.63, 3.8) is 0 Å². The van der Waals surface area contributed by atoms with Crippen LogP contribution in [-0.4, -0.2) is 38.6 Å². The average molecular weight is 479 g/mol. The highest BCUT2D eigenvalue weighted by atomic mass is 32.2. The first-order chi connectivity index (χ1) is 16.2. The summed E-state index contributed by atoms with van der Waals surface area (Å²) in [6.07, 6.45) is 5.05. The molecular formula is C27H30N2O4S. The van der Waals surface area contributed by atoms with Crippen LogP contribution in [0.25, 0.3) is 6.08 Å². The van der Waals surface area contributed by atoms with Crippen LogP contribution in [0.2, 0.25) is 0 Å². The molecule has 0 radical (unpaired) electrons. The number of amides is 1. The van der Waals surface area contributed by atoms with Gasteiger partial charge in [0, 0.05) is 24.4 Å². The molecule has 34 heavy (non-hydrogen) atoms. The van der Waals surface area contributed by atoms with Gasteiger partial charge >= 0.3 is 0 Å². The summed E-state index contributed by atoms with van der Waals surface area (Å²) in [6.45, 7) is 2.52. The lowest BCUT2D eigenvalue weighted by atomic mass is 10.0. The summed E-state index contributed by atoms with van der Waals surface area (Å²) in [5, 5.41) is 0. The highest BCUT2D eigenvalue weighted by Gasteiger charge is 2.20. The molecule has 0 saturated heterocycles. The second-order valence-electron chi connectivity index (χ2n) is 8.15. The van der Waals surface area contributed by atoms with Crippen LogP contribution in [0.15, 0.2) is 84.9 Å². The second kappa shape index (κ2) is 11.5. The first-order valence-electron chi connectivity index (χ1n) is 11.0. The fourth-order valence-corrected chi connectivity index (χ4v) is 4.23. The summed E-state index contributed by atoms with van der Waals surface area (Å²) < 4.78 is 30.7. The van der Waals surface area contributed by atoms with Gasteiger partial charge in [-0.3, -0.25) is 9.52 Å². The Bertz CT molecular complexity index is 1220. The summed E-state index contributed by atoms with van der Waals surface area (Å²) in [5.41, 5.74) is 3.36. The van der Waals surface area contributed by atoms with Crippen molar-refractivity contribution in [3.8, 4) is 5.75 Å². The first kappa shape index (κ1) is 25.1. The van der Waals surface area contributed by atoms with Crippen LogP contribution in [-0.2, 0) is 27.8 Å². The number of hydrogen-bond acceptors (Lipinski definition) is 4. The molecule has 3 aromatic carbocycles. The monoisotopic (exact) mass is 478 g/mol. The number of sulfonamides is 1. The van der Waals surface area contributed by atoms with E-state index in [-0.39, 0.29) is 11.9 Å². The number of nitrogens with zero attached hydrogens (tertiary/aromatic N) is 1. The summed E-state index contributed by atoms with van der Waals surface area (Å²) >= 11 is 0. The van der Waals surface area contributed by atoms with Crippen molar-refractivity contribution in [2.24, 2.45) is 0 Å². The molecule has 0 bridgehead atoms. The lowest BCUT2D eigenvalue weighted by Gasteiger charge is -2.29. The van der Waals surface area contributed by atoms with Gasteiger partial charge in [-0.05, 0) is 54.3 Å². The van der Waals surface area contributed by atoms with Crippen molar-refractivity contribution in [3.05, 3.63) is 102 Å². The maximum absolute atomic E-state index is 13.3. The molecular weight excluding hydrogens is 448 g/mol. The maximum Gasteiger partial charge on any atom is 0.247 e. The van der Waals surface area contributed by atoms with Crippen molar-refractivity contribution in [1.29, 1.82) is 0 Å². The molecule has 0 fully saturated rings. The van der Waals surface area contributed by atoms with Crippen molar-refractivity contribution in [1.82, 2.24) is 4.90 Å². The van der Waals surface area contributed by atoms with Gasteiger partial charge < -0.3 is 9.64 Å². The van der Waals surface area contributed by atoms with Crippen LogP contribution < -0.4 is 9.46 Å². The molecule has 1 amide bonds. The number of carbonyl (C=O) groups is 1. The molecule has 0 heterocycles. The summed E-state index contributed by atoms with van der Waals surface area (Å²) in [7, 11) is -1.69. The Balaban J connectivity index is 1.78. The van der Waals surface area contributed by atoms with E-state index in [0.717, 1.165) is 28.7 Å². The summed E-state index contributed by atoms with van der Waals surface area (Å²) in [4.78, 5) is 15.1. The maximum atomic E-state index is 13.3. The molecule has 0 aliphatic heterocycles. The lowest BCUT2D eigenvalue weighted by Crippen LogP contribution is -2.38. The van der Waals surface area contributed by atoms with Gasteiger partial charge in [-0.15, -0.1) is 0 Å². The summed E-state index contributed by atoms with van der Waals surface area (Å²) in [6, 6.07) is 24.5. The standard InChI is InChI=1S/C27H30N2O4S/c1-21(19-24-11-7-8-12-26(24)33-2)29(20-23-9-5-4-6-10-23)27(30)18-15-22-13-16-25(17-14-22)28-34(3,31)32/h4-18,21,28H,19-20H2,1-3H3/b18-15+/t21-/m0/s1. The fraction of sp³-hybridized carbons (Fsp3) is 0.222. The van der Waals surface area contributed by atoms with E-state index < -0.39 is 10.0 Å². The predicted molar refractivity (Wildman–Crippen MR) is 137 cm³/mol. The third-order valence-electron chi connectivity index (χ3n) is 5.35. The molecule has 3 aromatic rings. The van der Waals surface area contributed by atoms with Gasteiger partial charge in [0.15, 0.2) is 0 Å². The largest absolute Gasteiger partial charge is 0.496 e. The highest BCUT2D eigenvalue weighted by Crippen LogP contribution is 2.22. The zero-order valence-corrected chi connectivity index (χ0v) is 20.5. The Kier molecular flexibility index (Phi) is 8.49. The third-order valence-corrected chi connectivity index (χ3v) is 5.96. The average Bonchev–Trinajstić information content (AvgIpc) is 2.82. The van der Waals surface area contributed by atoms with Gasteiger partial charge in [-0.1, -0.05) is 60.7 Å². The molecule has 0 unspecified atom stereocenters. The number of anilines is 1. The van der Waals surface area contributed by atoms with E-state index in [1.807, 2.05) is 66.4 Å². The molecule has 1 atom stereocenters. The Morgan fingerprint density at radius 2 is 1.65 bits per heavy atom. The smallest absolute Gasteiger partial charge is 0.247 e. The topological polar surface area (TPSA) is 75.7 Å². The van der Waals surface area contributed by atoms with E-state index in [9.17, 15) is 13.2 Å². The minimum absolute atomic E-state index is 0.0741. The molecule has 0 aliphatic carbocycles. The van der Waals surface area contributed by atoms with E-state index in [1.165, 1.54) is 0 Å². The van der Waals surface area contributed by atoms with Crippen LogP contribution in [0.5, 0.6) is 5.75 Å². The predicted octanol–water partition coefficient (Wildman–Crippen LogP) is 4.74. The zero-order chi connectivity index (χ0) is 24.6. The number of ether oxygens (including phenoxy) is 1. The van der Waals surface area contributed by atoms with Crippen LogP contribution >= 0.6 is 0 Å². The summed E-state index contributed by atoms with van der Waals surface area (Å²) in [5.74, 6) is 0.699. The van der Waals surface area contributed by atoms with Crippen LogP contribution in [0.3, 0.4) is 0 Å². The fourth-order valence-electron chi connectivity index (χ4n) is 3.67. The highest BCUT2D eigenvalue weighted by molar-refractivity contribution is 7.92. The number of nitrogens with one attached hydrogen (secondary N) is 1. The molecule has 3 rings (SSSR count). The number of methoxy groups -OCH3 is 1. The zero-order valence-electron chi connectivity index (χ0n) is 19.6. The number of hydrogen-bond donors (Lipinski definition) is 1. The minimum atomic E-state index is -3.33. The van der Waals surface area contributed by atoms with Crippen molar-refractivity contribution >= 4 is 27.7 Å². The molecule has 1 N–H and O–H groups in total. The van der Waals surface area contributed by atoms with E-state index >= 15 is 0 Å².